The quantitative estimate of drug-likeness (QED) is 0.617. The summed E-state index contributed by atoms with van der Waals surface area (Å²) in [6.45, 7) is 2.78. The summed E-state index contributed by atoms with van der Waals surface area (Å²) in [5.41, 5.74) is 0.814. The van der Waals surface area contributed by atoms with Crippen LogP contribution in [-0.2, 0) is 6.18 Å². The summed E-state index contributed by atoms with van der Waals surface area (Å²) in [5.74, 6) is 1.88. The van der Waals surface area contributed by atoms with Gasteiger partial charge in [-0.3, -0.25) is 4.79 Å². The molecule has 154 valence electrons. The minimum Gasteiger partial charge on any atom is -0.492 e. The van der Waals surface area contributed by atoms with Crippen LogP contribution in [0.1, 0.15) is 40.2 Å². The van der Waals surface area contributed by atoms with Crippen molar-refractivity contribution in [1.29, 1.82) is 0 Å². The monoisotopic (exact) mass is 421 g/mol. The number of ketones is 1. The predicted octanol–water partition coefficient (Wildman–Crippen LogP) is 5.25. The number of carbonyl (C=O) groups is 1. The normalized spacial score (nSPS) is 19.6. The number of hydrogen-bond donors (Lipinski definition) is 0. The standard InChI is InChI=1S/C22H22F3NO2S/c23-22(24,25)18-3-1-2-15(12-18)17-6-8-26(14-17)9-7-19(27)16-4-5-20-21(13-16)29-11-10-28-20/h1-5,12-13,17H,6-11,14H2. The number of ether oxygens (including phenoxy) is 1. The van der Waals surface area contributed by atoms with Crippen LogP contribution in [-0.4, -0.2) is 42.7 Å². The number of nitrogens with zero attached hydrogens (tertiary/aromatic N) is 1. The molecule has 0 amide bonds. The number of halogens is 3. The number of alkyl halides is 3. The van der Waals surface area contributed by atoms with Crippen LogP contribution >= 0.6 is 11.8 Å². The lowest BCUT2D eigenvalue weighted by atomic mass is 9.96. The number of rotatable bonds is 5. The number of thioether (sulfide) groups is 1. The first kappa shape index (κ1) is 20.3. The lowest BCUT2D eigenvalue weighted by molar-refractivity contribution is -0.137. The van der Waals surface area contributed by atoms with Gasteiger partial charge in [0.1, 0.15) is 5.75 Å². The van der Waals surface area contributed by atoms with E-state index in [1.54, 1.807) is 17.8 Å². The van der Waals surface area contributed by atoms with Crippen molar-refractivity contribution in [3.8, 4) is 5.75 Å². The largest absolute Gasteiger partial charge is 0.492 e. The van der Waals surface area contributed by atoms with Gasteiger partial charge in [0.05, 0.1) is 17.1 Å². The van der Waals surface area contributed by atoms with Gasteiger partial charge in [-0.1, -0.05) is 18.2 Å². The minimum atomic E-state index is -4.32. The molecule has 2 aromatic carbocycles. The minimum absolute atomic E-state index is 0.0738. The van der Waals surface area contributed by atoms with Crippen molar-refractivity contribution in [3.63, 3.8) is 0 Å². The Morgan fingerprint density at radius 3 is 2.90 bits per heavy atom. The number of likely N-dealkylation sites (tertiary alicyclic amines) is 1. The maximum absolute atomic E-state index is 13.0. The molecular weight excluding hydrogens is 399 g/mol. The molecule has 0 N–H and O–H groups in total. The molecular formula is C22H22F3NO2S. The molecule has 0 radical (unpaired) electrons. The van der Waals surface area contributed by atoms with Crippen LogP contribution < -0.4 is 4.74 Å². The molecule has 1 saturated heterocycles. The molecule has 4 rings (SSSR count). The average molecular weight is 421 g/mol. The summed E-state index contributed by atoms with van der Waals surface area (Å²) in [6, 6.07) is 11.2. The SMILES string of the molecule is O=C(CCN1CCC(c2cccc(C(F)(F)F)c2)C1)c1ccc2c(c1)SCCO2. The summed E-state index contributed by atoms with van der Waals surface area (Å²) >= 11 is 1.70. The van der Waals surface area contributed by atoms with Crippen molar-refractivity contribution >= 4 is 17.5 Å². The van der Waals surface area contributed by atoms with Crippen molar-refractivity contribution in [2.24, 2.45) is 0 Å². The van der Waals surface area contributed by atoms with Crippen LogP contribution in [0.4, 0.5) is 13.2 Å². The fourth-order valence-corrected chi connectivity index (χ4v) is 4.76. The van der Waals surface area contributed by atoms with Gasteiger partial charge in [-0.2, -0.15) is 13.2 Å². The van der Waals surface area contributed by atoms with E-state index in [1.165, 1.54) is 12.1 Å². The van der Waals surface area contributed by atoms with Crippen LogP contribution in [0.3, 0.4) is 0 Å². The Labute approximate surface area is 172 Å². The molecule has 1 atom stereocenters. The molecule has 2 aliphatic heterocycles. The van der Waals surface area contributed by atoms with E-state index in [1.807, 2.05) is 18.2 Å². The smallest absolute Gasteiger partial charge is 0.416 e. The van der Waals surface area contributed by atoms with Gasteiger partial charge in [-0.15, -0.1) is 11.8 Å². The highest BCUT2D eigenvalue weighted by atomic mass is 32.2. The third kappa shape index (κ3) is 4.78. The second-order valence-corrected chi connectivity index (χ2v) is 8.58. The Morgan fingerprint density at radius 2 is 2.07 bits per heavy atom. The van der Waals surface area contributed by atoms with Crippen LogP contribution in [0.25, 0.3) is 0 Å². The van der Waals surface area contributed by atoms with Crippen LogP contribution in [0.15, 0.2) is 47.4 Å². The zero-order valence-electron chi connectivity index (χ0n) is 15.9. The molecule has 2 aliphatic rings. The fourth-order valence-electron chi connectivity index (χ4n) is 3.90. The summed E-state index contributed by atoms with van der Waals surface area (Å²) in [4.78, 5) is 15.8. The number of fused-ring (bicyclic) bond motifs is 1. The second kappa shape index (κ2) is 8.40. The van der Waals surface area contributed by atoms with Gasteiger partial charge in [-0.25, -0.2) is 0 Å². The van der Waals surface area contributed by atoms with Gasteiger partial charge in [0.15, 0.2) is 5.78 Å². The first-order chi connectivity index (χ1) is 13.9. The Morgan fingerprint density at radius 1 is 1.21 bits per heavy atom. The highest BCUT2D eigenvalue weighted by molar-refractivity contribution is 7.99. The Kier molecular flexibility index (Phi) is 5.88. The van der Waals surface area contributed by atoms with Crippen molar-refractivity contribution in [1.82, 2.24) is 4.90 Å². The van der Waals surface area contributed by atoms with Gasteiger partial charge in [0.25, 0.3) is 0 Å². The Balaban J connectivity index is 1.33. The molecule has 0 bridgehead atoms. The molecule has 7 heteroatoms. The zero-order chi connectivity index (χ0) is 20.4. The van der Waals surface area contributed by atoms with E-state index in [0.717, 1.165) is 41.0 Å². The third-order valence-corrected chi connectivity index (χ3v) is 6.48. The number of benzene rings is 2. The Bertz CT molecular complexity index is 900. The molecule has 3 nitrogen and oxygen atoms in total. The van der Waals surface area contributed by atoms with Crippen molar-refractivity contribution in [2.75, 3.05) is 32.0 Å². The van der Waals surface area contributed by atoms with E-state index in [4.69, 9.17) is 4.74 Å². The van der Waals surface area contributed by atoms with E-state index in [-0.39, 0.29) is 11.7 Å². The summed E-state index contributed by atoms with van der Waals surface area (Å²) < 4.78 is 44.4. The fraction of sp³-hybridized carbons (Fsp3) is 0.409. The molecule has 2 heterocycles. The van der Waals surface area contributed by atoms with E-state index in [0.29, 0.717) is 31.7 Å². The first-order valence-corrected chi connectivity index (χ1v) is 10.7. The lowest BCUT2D eigenvalue weighted by Gasteiger charge is -2.18. The molecule has 1 fully saturated rings. The van der Waals surface area contributed by atoms with Crippen molar-refractivity contribution < 1.29 is 22.7 Å². The summed E-state index contributed by atoms with van der Waals surface area (Å²) in [6.07, 6.45) is -3.11. The maximum atomic E-state index is 13.0. The van der Waals surface area contributed by atoms with Crippen molar-refractivity contribution in [3.05, 3.63) is 59.2 Å². The van der Waals surface area contributed by atoms with Gasteiger partial charge in [0.2, 0.25) is 0 Å². The zero-order valence-corrected chi connectivity index (χ0v) is 16.7. The first-order valence-electron chi connectivity index (χ1n) is 9.72. The number of hydrogen-bond acceptors (Lipinski definition) is 4. The van der Waals surface area contributed by atoms with Crippen LogP contribution in [0.2, 0.25) is 0 Å². The highest BCUT2D eigenvalue weighted by Gasteiger charge is 2.32. The van der Waals surface area contributed by atoms with Gasteiger partial charge in [-0.05, 0) is 48.7 Å². The summed E-state index contributed by atoms with van der Waals surface area (Å²) in [5, 5.41) is 0. The molecule has 0 aromatic heterocycles. The predicted molar refractivity (Wildman–Crippen MR) is 107 cm³/mol. The third-order valence-electron chi connectivity index (χ3n) is 5.48. The summed E-state index contributed by atoms with van der Waals surface area (Å²) in [7, 11) is 0. The van der Waals surface area contributed by atoms with E-state index < -0.39 is 11.7 Å². The van der Waals surface area contributed by atoms with Gasteiger partial charge >= 0.3 is 6.18 Å². The number of Topliss-reactive ketones (excluding diaryl/α,β-unsaturated/α-hetero) is 1. The molecule has 1 unspecified atom stereocenters. The topological polar surface area (TPSA) is 29.5 Å². The van der Waals surface area contributed by atoms with E-state index in [2.05, 4.69) is 4.90 Å². The maximum Gasteiger partial charge on any atom is 0.416 e. The van der Waals surface area contributed by atoms with Crippen LogP contribution in [0.5, 0.6) is 5.75 Å². The van der Waals surface area contributed by atoms with Crippen LogP contribution in [0, 0.1) is 0 Å². The highest BCUT2D eigenvalue weighted by Crippen LogP contribution is 2.35. The van der Waals surface area contributed by atoms with Crippen molar-refractivity contribution in [2.45, 2.75) is 29.8 Å². The lowest BCUT2D eigenvalue weighted by Crippen LogP contribution is -2.23. The van der Waals surface area contributed by atoms with Gasteiger partial charge < -0.3 is 9.64 Å². The Hall–Kier alpha value is -1.99. The van der Waals surface area contributed by atoms with E-state index in [9.17, 15) is 18.0 Å². The van der Waals surface area contributed by atoms with E-state index >= 15 is 0 Å². The molecule has 2 aromatic rings. The number of carbonyl (C=O) groups excluding carboxylic acids is 1. The molecule has 0 saturated carbocycles. The second-order valence-electron chi connectivity index (χ2n) is 7.44. The molecule has 0 spiro atoms. The van der Waals surface area contributed by atoms with Gasteiger partial charge in [0, 0.05) is 30.8 Å². The molecule has 0 aliphatic carbocycles. The average Bonchev–Trinajstić information content (AvgIpc) is 3.20. The molecule has 29 heavy (non-hydrogen) atoms.